The maximum Gasteiger partial charge on any atom is 0.162 e. The molecule has 3 aromatic rings. The Morgan fingerprint density at radius 3 is 1.92 bits per heavy atom. The molecule has 1 aliphatic heterocycles. The fourth-order valence-corrected chi connectivity index (χ4v) is 1.97. The van der Waals surface area contributed by atoms with Crippen LogP contribution >= 0.6 is 0 Å². The maximum atomic E-state index is 8.63. The van der Waals surface area contributed by atoms with E-state index >= 15 is 0 Å². The largest absolute Gasteiger partial charge is 0.508 e. The molecule has 4 nitrogen and oxygen atoms in total. The second-order valence-electron chi connectivity index (χ2n) is 5.12. The molecule has 0 saturated heterocycles. The Balaban J connectivity index is 0.000000138. The average molecular weight is 334 g/mol. The van der Waals surface area contributed by atoms with Crippen molar-refractivity contribution in [1.29, 1.82) is 0 Å². The smallest absolute Gasteiger partial charge is 0.162 e. The van der Waals surface area contributed by atoms with E-state index in [4.69, 9.17) is 15.7 Å². The Bertz CT molecular complexity index is 759. The van der Waals surface area contributed by atoms with E-state index in [1.807, 2.05) is 66.7 Å². The Hall–Kier alpha value is -3.24. The predicted molar refractivity (Wildman–Crippen MR) is 102 cm³/mol. The number of nitrogens with one attached hydrogen (secondary N) is 1. The summed E-state index contributed by atoms with van der Waals surface area (Å²) in [6.07, 6.45) is 3.74. The minimum Gasteiger partial charge on any atom is -0.508 e. The third kappa shape index (κ3) is 6.81. The predicted octanol–water partition coefficient (Wildman–Crippen LogP) is 4.09. The number of fused-ring (bicyclic) bond motifs is 1. The highest BCUT2D eigenvalue weighted by atomic mass is 16.6. The Labute approximate surface area is 148 Å². The second-order valence-corrected chi connectivity index (χ2v) is 5.12. The molecule has 0 aliphatic carbocycles. The molecule has 0 unspecified atom stereocenters. The number of hydrogen-bond acceptors (Lipinski definition) is 4. The van der Waals surface area contributed by atoms with Gasteiger partial charge in [-0.3, -0.25) is 0 Å². The summed E-state index contributed by atoms with van der Waals surface area (Å²) in [4.78, 5) is 5.09. The van der Waals surface area contributed by atoms with Crippen molar-refractivity contribution in [3.63, 3.8) is 0 Å². The van der Waals surface area contributed by atoms with Crippen LogP contribution in [0.1, 0.15) is 11.1 Å². The molecule has 128 valence electrons. The molecule has 0 atom stereocenters. The van der Waals surface area contributed by atoms with E-state index in [-0.39, 0.29) is 0 Å². The quantitative estimate of drug-likeness (QED) is 0.627. The van der Waals surface area contributed by atoms with Gasteiger partial charge in [0.05, 0.1) is 0 Å². The lowest BCUT2D eigenvalue weighted by Gasteiger charge is -2.11. The summed E-state index contributed by atoms with van der Waals surface area (Å²) >= 11 is 0. The van der Waals surface area contributed by atoms with Gasteiger partial charge in [-0.05, 0) is 29.8 Å². The number of rotatable bonds is 1. The van der Waals surface area contributed by atoms with E-state index in [0.29, 0.717) is 12.3 Å². The highest BCUT2D eigenvalue weighted by molar-refractivity contribution is 5.57. The van der Waals surface area contributed by atoms with Crippen LogP contribution in [0.2, 0.25) is 0 Å². The molecule has 0 bridgehead atoms. The van der Waals surface area contributed by atoms with Crippen molar-refractivity contribution < 1.29 is 9.94 Å². The number of nitrogens with two attached hydrogens (primary N) is 1. The van der Waals surface area contributed by atoms with Gasteiger partial charge in [0.15, 0.2) is 5.75 Å². The van der Waals surface area contributed by atoms with Gasteiger partial charge in [0, 0.05) is 18.3 Å². The standard InChI is InChI=1S/C8H7NO.C7H9N.C6H6O/c1-2-4-8-7(3-1)5-6-9-10-8;8-6-7-4-2-1-3-5-7;7-6-4-2-1-3-5-6/h1-6,9H;1-5H,6,8H2;1-5,7H. The van der Waals surface area contributed by atoms with Crippen LogP contribution in [0, 0.1) is 0 Å². The number of hydrogen-bond donors (Lipinski definition) is 3. The Kier molecular flexibility index (Phi) is 7.62. The lowest BCUT2D eigenvalue weighted by Crippen LogP contribution is -2.13. The first kappa shape index (κ1) is 18.1. The summed E-state index contributed by atoms with van der Waals surface area (Å²) in [5, 5.41) is 8.63. The number of hydroxylamine groups is 1. The van der Waals surface area contributed by atoms with Gasteiger partial charge in [0.2, 0.25) is 0 Å². The molecule has 25 heavy (non-hydrogen) atoms. The molecular formula is C21H22N2O2. The van der Waals surface area contributed by atoms with E-state index in [2.05, 4.69) is 5.48 Å². The van der Waals surface area contributed by atoms with Crippen molar-refractivity contribution in [2.45, 2.75) is 6.54 Å². The zero-order valence-electron chi connectivity index (χ0n) is 13.9. The lowest BCUT2D eigenvalue weighted by atomic mass is 10.2. The van der Waals surface area contributed by atoms with Crippen molar-refractivity contribution in [1.82, 2.24) is 5.48 Å². The van der Waals surface area contributed by atoms with Crippen LogP contribution in [-0.2, 0) is 6.54 Å². The van der Waals surface area contributed by atoms with Crippen LogP contribution in [0.5, 0.6) is 11.5 Å². The van der Waals surface area contributed by atoms with Gasteiger partial charge in [0.25, 0.3) is 0 Å². The number of phenols is 1. The highest BCUT2D eigenvalue weighted by Crippen LogP contribution is 2.20. The molecule has 0 aromatic heterocycles. The minimum atomic E-state index is 0.322. The topological polar surface area (TPSA) is 67.5 Å². The number of phenolic OH excluding ortho intramolecular Hbond substituents is 1. The normalized spacial score (nSPS) is 10.6. The van der Waals surface area contributed by atoms with Crippen molar-refractivity contribution in [3.8, 4) is 11.5 Å². The molecule has 4 heteroatoms. The SMILES string of the molecule is C1=Cc2ccccc2ON1.NCc1ccccc1.Oc1ccccc1. The van der Waals surface area contributed by atoms with E-state index in [0.717, 1.165) is 11.3 Å². The van der Waals surface area contributed by atoms with Crippen LogP contribution in [0.3, 0.4) is 0 Å². The monoisotopic (exact) mass is 334 g/mol. The van der Waals surface area contributed by atoms with Crippen molar-refractivity contribution >= 4 is 6.08 Å². The van der Waals surface area contributed by atoms with Crippen LogP contribution in [0.25, 0.3) is 6.08 Å². The number of aromatic hydroxyl groups is 1. The molecule has 4 rings (SSSR count). The Morgan fingerprint density at radius 2 is 1.40 bits per heavy atom. The van der Waals surface area contributed by atoms with Gasteiger partial charge in [-0.1, -0.05) is 66.7 Å². The van der Waals surface area contributed by atoms with Gasteiger partial charge in [0.1, 0.15) is 5.75 Å². The second kappa shape index (κ2) is 10.5. The third-order valence-corrected chi connectivity index (χ3v) is 3.25. The summed E-state index contributed by atoms with van der Waals surface area (Å²) in [5.74, 6) is 1.20. The van der Waals surface area contributed by atoms with Crippen LogP contribution in [0.15, 0.2) is 91.1 Å². The van der Waals surface area contributed by atoms with Crippen LogP contribution in [-0.4, -0.2) is 5.11 Å². The average Bonchev–Trinajstić information content (AvgIpc) is 2.70. The van der Waals surface area contributed by atoms with E-state index in [1.54, 1.807) is 30.5 Å². The van der Waals surface area contributed by atoms with Crippen LogP contribution < -0.4 is 16.1 Å². The number of para-hydroxylation sites is 2. The molecule has 0 radical (unpaired) electrons. The van der Waals surface area contributed by atoms with E-state index in [9.17, 15) is 0 Å². The molecule has 0 spiro atoms. The Morgan fingerprint density at radius 1 is 0.800 bits per heavy atom. The zero-order valence-corrected chi connectivity index (χ0v) is 13.9. The van der Waals surface area contributed by atoms with Crippen molar-refractivity contribution in [2.24, 2.45) is 5.73 Å². The third-order valence-electron chi connectivity index (χ3n) is 3.25. The first-order valence-electron chi connectivity index (χ1n) is 7.95. The molecule has 1 heterocycles. The molecule has 0 fully saturated rings. The van der Waals surface area contributed by atoms with Gasteiger partial charge < -0.3 is 15.7 Å². The molecule has 4 N–H and O–H groups in total. The maximum absolute atomic E-state index is 8.63. The van der Waals surface area contributed by atoms with E-state index < -0.39 is 0 Å². The van der Waals surface area contributed by atoms with Crippen LogP contribution in [0.4, 0.5) is 0 Å². The van der Waals surface area contributed by atoms with Crippen molar-refractivity contribution in [2.75, 3.05) is 0 Å². The fraction of sp³-hybridized carbons (Fsp3) is 0.0476. The molecule has 3 aromatic carbocycles. The molecule has 0 saturated carbocycles. The highest BCUT2D eigenvalue weighted by Gasteiger charge is 2.01. The van der Waals surface area contributed by atoms with Gasteiger partial charge in [-0.25, -0.2) is 5.48 Å². The zero-order chi connectivity index (χ0) is 17.7. The summed E-state index contributed by atoms with van der Waals surface area (Å²) in [6, 6.07) is 26.6. The van der Waals surface area contributed by atoms with Crippen molar-refractivity contribution in [3.05, 3.63) is 102 Å². The van der Waals surface area contributed by atoms with Gasteiger partial charge in [-0.2, -0.15) is 0 Å². The number of benzene rings is 3. The first-order chi connectivity index (χ1) is 12.3. The summed E-state index contributed by atoms with van der Waals surface area (Å²) < 4.78 is 0. The molecule has 1 aliphatic rings. The fourth-order valence-electron chi connectivity index (χ4n) is 1.97. The first-order valence-corrected chi connectivity index (χ1v) is 7.95. The molecule has 0 amide bonds. The van der Waals surface area contributed by atoms with E-state index in [1.165, 1.54) is 5.56 Å². The minimum absolute atomic E-state index is 0.322. The van der Waals surface area contributed by atoms with Gasteiger partial charge in [-0.15, -0.1) is 0 Å². The lowest BCUT2D eigenvalue weighted by molar-refractivity contribution is 0.239. The van der Waals surface area contributed by atoms with Gasteiger partial charge >= 0.3 is 0 Å². The summed E-state index contributed by atoms with van der Waals surface area (Å²) in [6.45, 7) is 0.640. The summed E-state index contributed by atoms with van der Waals surface area (Å²) in [7, 11) is 0. The molecular weight excluding hydrogens is 312 g/mol. The summed E-state index contributed by atoms with van der Waals surface area (Å²) in [5.41, 5.74) is 10.3.